The molecule has 1 saturated heterocycles. The van der Waals surface area contributed by atoms with E-state index < -0.39 is 0 Å². The van der Waals surface area contributed by atoms with Gasteiger partial charge in [-0.2, -0.15) is 11.8 Å². The Labute approximate surface area is 111 Å². The largest absolute Gasteiger partial charge is 0.308 e. The summed E-state index contributed by atoms with van der Waals surface area (Å²) in [5.41, 5.74) is 0.476. The Morgan fingerprint density at radius 2 is 2.12 bits per heavy atom. The molecule has 0 radical (unpaired) electrons. The molecule has 1 spiro atoms. The topological polar surface area (TPSA) is 15.3 Å². The van der Waals surface area contributed by atoms with Gasteiger partial charge in [-0.05, 0) is 25.5 Å². The maximum absolute atomic E-state index is 3.87. The van der Waals surface area contributed by atoms with Crippen LogP contribution in [0.1, 0.15) is 46.0 Å². The van der Waals surface area contributed by atoms with Crippen molar-refractivity contribution in [1.82, 2.24) is 10.2 Å². The van der Waals surface area contributed by atoms with Crippen LogP contribution in [0.5, 0.6) is 0 Å². The minimum absolute atomic E-state index is 0.476. The molecular formula is C14H28N2S. The van der Waals surface area contributed by atoms with Crippen LogP contribution < -0.4 is 5.32 Å². The Balaban J connectivity index is 1.98. The molecule has 0 aromatic rings. The molecule has 1 N–H and O–H groups in total. The molecule has 2 atom stereocenters. The van der Waals surface area contributed by atoms with Gasteiger partial charge in [0.05, 0.1) is 0 Å². The van der Waals surface area contributed by atoms with E-state index in [4.69, 9.17) is 0 Å². The van der Waals surface area contributed by atoms with Crippen molar-refractivity contribution >= 4 is 11.8 Å². The SMILES string of the molecule is CCC1CNC2(CCCC2)CN1CC(C)SC. The summed E-state index contributed by atoms with van der Waals surface area (Å²) in [7, 11) is 0. The van der Waals surface area contributed by atoms with Crippen molar-refractivity contribution in [2.45, 2.75) is 62.8 Å². The maximum Gasteiger partial charge on any atom is 0.0309 e. The molecule has 2 rings (SSSR count). The van der Waals surface area contributed by atoms with E-state index in [9.17, 15) is 0 Å². The fourth-order valence-electron chi connectivity index (χ4n) is 3.44. The van der Waals surface area contributed by atoms with Crippen molar-refractivity contribution in [3.05, 3.63) is 0 Å². The van der Waals surface area contributed by atoms with E-state index in [1.807, 2.05) is 11.8 Å². The third kappa shape index (κ3) is 3.18. The van der Waals surface area contributed by atoms with Gasteiger partial charge in [0, 0.05) is 36.5 Å². The monoisotopic (exact) mass is 256 g/mol. The van der Waals surface area contributed by atoms with E-state index in [0.717, 1.165) is 11.3 Å². The Kier molecular flexibility index (Phi) is 4.79. The second-order valence-electron chi connectivity index (χ2n) is 5.91. The van der Waals surface area contributed by atoms with Crippen LogP contribution in [0.2, 0.25) is 0 Å². The van der Waals surface area contributed by atoms with E-state index in [1.165, 1.54) is 51.7 Å². The molecule has 1 saturated carbocycles. The van der Waals surface area contributed by atoms with Crippen molar-refractivity contribution in [2.24, 2.45) is 0 Å². The number of hydrogen-bond acceptors (Lipinski definition) is 3. The lowest BCUT2D eigenvalue weighted by Gasteiger charge is -2.47. The molecule has 1 heterocycles. The molecule has 0 aromatic heterocycles. The number of rotatable bonds is 4. The van der Waals surface area contributed by atoms with Crippen molar-refractivity contribution in [3.8, 4) is 0 Å². The third-order valence-corrected chi connectivity index (χ3v) is 5.61. The molecule has 1 aliphatic heterocycles. The summed E-state index contributed by atoms with van der Waals surface area (Å²) in [6.07, 6.45) is 9.16. The van der Waals surface area contributed by atoms with Crippen LogP contribution in [0.3, 0.4) is 0 Å². The highest BCUT2D eigenvalue weighted by molar-refractivity contribution is 7.99. The van der Waals surface area contributed by atoms with Gasteiger partial charge in [-0.15, -0.1) is 0 Å². The predicted octanol–water partition coefficient (Wildman–Crippen LogP) is 2.73. The van der Waals surface area contributed by atoms with Gasteiger partial charge >= 0.3 is 0 Å². The van der Waals surface area contributed by atoms with Gasteiger partial charge in [0.1, 0.15) is 0 Å². The zero-order valence-electron chi connectivity index (χ0n) is 11.7. The Morgan fingerprint density at radius 3 is 2.71 bits per heavy atom. The van der Waals surface area contributed by atoms with Crippen LogP contribution in [0, 0.1) is 0 Å². The van der Waals surface area contributed by atoms with E-state index in [1.54, 1.807) is 0 Å². The molecule has 0 bridgehead atoms. The Morgan fingerprint density at radius 1 is 1.41 bits per heavy atom. The Hall–Kier alpha value is 0.270. The molecule has 0 amide bonds. The fourth-order valence-corrected chi connectivity index (χ4v) is 3.79. The van der Waals surface area contributed by atoms with Crippen LogP contribution in [0.25, 0.3) is 0 Å². The average molecular weight is 256 g/mol. The van der Waals surface area contributed by atoms with Crippen LogP contribution >= 0.6 is 11.8 Å². The molecular weight excluding hydrogens is 228 g/mol. The second kappa shape index (κ2) is 5.94. The van der Waals surface area contributed by atoms with Gasteiger partial charge in [-0.25, -0.2) is 0 Å². The smallest absolute Gasteiger partial charge is 0.0309 e. The van der Waals surface area contributed by atoms with Crippen molar-refractivity contribution in [2.75, 3.05) is 25.9 Å². The maximum atomic E-state index is 3.87. The fraction of sp³-hybridized carbons (Fsp3) is 1.00. The third-order valence-electron chi connectivity index (χ3n) is 4.66. The van der Waals surface area contributed by atoms with E-state index in [2.05, 4.69) is 30.3 Å². The normalized spacial score (nSPS) is 30.9. The first kappa shape index (κ1) is 13.7. The predicted molar refractivity (Wildman–Crippen MR) is 77.8 cm³/mol. The summed E-state index contributed by atoms with van der Waals surface area (Å²) < 4.78 is 0. The van der Waals surface area contributed by atoms with Crippen LogP contribution in [-0.2, 0) is 0 Å². The van der Waals surface area contributed by atoms with E-state index in [0.29, 0.717) is 5.54 Å². The summed E-state index contributed by atoms with van der Waals surface area (Å²) in [5.74, 6) is 0. The molecule has 2 fully saturated rings. The summed E-state index contributed by atoms with van der Waals surface area (Å²) in [6, 6.07) is 0.760. The molecule has 0 aromatic carbocycles. The zero-order chi connectivity index (χ0) is 12.3. The Bertz CT molecular complexity index is 238. The highest BCUT2D eigenvalue weighted by Gasteiger charge is 2.40. The molecule has 2 aliphatic rings. The van der Waals surface area contributed by atoms with Gasteiger partial charge in [0.15, 0.2) is 0 Å². The number of nitrogens with one attached hydrogen (secondary N) is 1. The quantitative estimate of drug-likeness (QED) is 0.832. The van der Waals surface area contributed by atoms with Gasteiger partial charge < -0.3 is 5.32 Å². The van der Waals surface area contributed by atoms with Crippen LogP contribution in [0.4, 0.5) is 0 Å². The van der Waals surface area contributed by atoms with Crippen LogP contribution in [0.15, 0.2) is 0 Å². The van der Waals surface area contributed by atoms with Gasteiger partial charge in [-0.1, -0.05) is 26.7 Å². The molecule has 2 unspecified atom stereocenters. The first-order valence-electron chi connectivity index (χ1n) is 7.21. The first-order chi connectivity index (χ1) is 8.19. The molecule has 17 heavy (non-hydrogen) atoms. The van der Waals surface area contributed by atoms with E-state index >= 15 is 0 Å². The molecule has 2 nitrogen and oxygen atoms in total. The number of thioether (sulfide) groups is 1. The minimum Gasteiger partial charge on any atom is -0.308 e. The molecule has 100 valence electrons. The highest BCUT2D eigenvalue weighted by Crippen LogP contribution is 2.33. The minimum atomic E-state index is 0.476. The number of hydrogen-bond donors (Lipinski definition) is 1. The number of piperazine rings is 1. The standard InChI is InChI=1S/C14H28N2S/c1-4-13-9-15-14(7-5-6-8-14)11-16(13)10-12(2)17-3/h12-13,15H,4-11H2,1-3H3. The van der Waals surface area contributed by atoms with Gasteiger partial charge in [0.25, 0.3) is 0 Å². The van der Waals surface area contributed by atoms with Crippen LogP contribution in [-0.4, -0.2) is 47.6 Å². The lowest BCUT2D eigenvalue weighted by Crippen LogP contribution is -2.63. The second-order valence-corrected chi connectivity index (χ2v) is 7.18. The van der Waals surface area contributed by atoms with Crippen molar-refractivity contribution < 1.29 is 0 Å². The number of nitrogens with zero attached hydrogens (tertiary/aromatic N) is 1. The highest BCUT2D eigenvalue weighted by atomic mass is 32.2. The molecule has 1 aliphatic carbocycles. The molecule has 3 heteroatoms. The van der Waals surface area contributed by atoms with E-state index in [-0.39, 0.29) is 0 Å². The summed E-state index contributed by atoms with van der Waals surface area (Å²) >= 11 is 2.00. The summed E-state index contributed by atoms with van der Waals surface area (Å²) in [4.78, 5) is 2.77. The first-order valence-corrected chi connectivity index (χ1v) is 8.50. The average Bonchev–Trinajstić information content (AvgIpc) is 2.78. The van der Waals surface area contributed by atoms with Crippen molar-refractivity contribution in [1.29, 1.82) is 0 Å². The lowest BCUT2D eigenvalue weighted by molar-refractivity contribution is 0.0797. The van der Waals surface area contributed by atoms with Gasteiger partial charge in [-0.3, -0.25) is 4.90 Å². The summed E-state index contributed by atoms with van der Waals surface area (Å²) in [5, 5.41) is 4.63. The van der Waals surface area contributed by atoms with Gasteiger partial charge in [0.2, 0.25) is 0 Å². The van der Waals surface area contributed by atoms with Crippen molar-refractivity contribution in [3.63, 3.8) is 0 Å². The zero-order valence-corrected chi connectivity index (χ0v) is 12.5. The lowest BCUT2D eigenvalue weighted by atomic mass is 9.91. The summed E-state index contributed by atoms with van der Waals surface area (Å²) in [6.45, 7) is 8.45.